The summed E-state index contributed by atoms with van der Waals surface area (Å²) in [7, 11) is 1.59. The minimum Gasteiger partial charge on any atom is -0.394 e. The Morgan fingerprint density at radius 2 is 1.76 bits per heavy atom. The molecule has 0 saturated carbocycles. The van der Waals surface area contributed by atoms with E-state index in [1.165, 1.54) is 23.2 Å². The maximum absolute atomic E-state index is 12.1. The number of aliphatic imine (C=N–C) groups is 1. The van der Waals surface area contributed by atoms with E-state index in [1.807, 2.05) is 0 Å². The summed E-state index contributed by atoms with van der Waals surface area (Å²) in [4.78, 5) is 16.3. The number of ketones is 1. The van der Waals surface area contributed by atoms with Crippen LogP contribution in [-0.2, 0) is 22.6 Å². The van der Waals surface area contributed by atoms with Crippen molar-refractivity contribution in [2.45, 2.75) is 19.3 Å². The van der Waals surface area contributed by atoms with E-state index in [0.29, 0.717) is 41.9 Å². The van der Waals surface area contributed by atoms with Crippen LogP contribution in [-0.4, -0.2) is 62.8 Å². The molecule has 9 N–H and O–H groups in total. The molecule has 1 unspecified atom stereocenters. The van der Waals surface area contributed by atoms with Crippen LogP contribution in [0.3, 0.4) is 0 Å². The van der Waals surface area contributed by atoms with Gasteiger partial charge >= 0.3 is 0 Å². The molecule has 0 aromatic carbocycles. The number of amidine groups is 1. The van der Waals surface area contributed by atoms with Crippen molar-refractivity contribution < 1.29 is 14.6 Å². The standard InChI is InChI=1S/C16H24N10O3/c1-29-5-3-26-14(18)10(7-21-26)22-9-6-12(28)13(17)24-16(9)23-11-8-20-25(2-4-27)15(11)19/h6-8,13,22,27H,2-5,17-19H2,1H3,(H,23,24). The Balaban J connectivity index is 1.83. The number of anilines is 4. The fourth-order valence-corrected chi connectivity index (χ4v) is 2.65. The highest BCUT2D eigenvalue weighted by atomic mass is 16.5. The highest BCUT2D eigenvalue weighted by Gasteiger charge is 2.24. The lowest BCUT2D eigenvalue weighted by molar-refractivity contribution is -0.115. The SMILES string of the molecule is COCCn1ncc(NC2=CC(=O)C(N)N=C2Nc2cnn(CCO)c2N)c1N. The van der Waals surface area contributed by atoms with Crippen LogP contribution in [0.2, 0.25) is 0 Å². The second-order valence-corrected chi connectivity index (χ2v) is 6.18. The van der Waals surface area contributed by atoms with E-state index in [0.717, 1.165) is 0 Å². The second-order valence-electron chi connectivity index (χ2n) is 6.18. The average molecular weight is 404 g/mol. The molecule has 1 atom stereocenters. The molecule has 0 fully saturated rings. The Bertz CT molecular complexity index is 945. The highest BCUT2D eigenvalue weighted by molar-refractivity contribution is 6.17. The van der Waals surface area contributed by atoms with Crippen LogP contribution >= 0.6 is 0 Å². The number of carbonyl (C=O) groups is 1. The van der Waals surface area contributed by atoms with Gasteiger partial charge in [-0.1, -0.05) is 0 Å². The zero-order chi connectivity index (χ0) is 21.0. The van der Waals surface area contributed by atoms with Crippen molar-refractivity contribution in [1.82, 2.24) is 19.6 Å². The van der Waals surface area contributed by atoms with Gasteiger partial charge in [-0.15, -0.1) is 0 Å². The molecule has 156 valence electrons. The lowest BCUT2D eigenvalue weighted by atomic mass is 10.2. The number of carbonyl (C=O) groups excluding carboxylic acids is 1. The third kappa shape index (κ3) is 4.37. The monoisotopic (exact) mass is 404 g/mol. The summed E-state index contributed by atoms with van der Waals surface area (Å²) in [5.41, 5.74) is 19.2. The summed E-state index contributed by atoms with van der Waals surface area (Å²) in [5.74, 6) is 0.599. The van der Waals surface area contributed by atoms with Crippen LogP contribution in [0.4, 0.5) is 23.0 Å². The number of hydrogen-bond donors (Lipinski definition) is 6. The molecule has 3 heterocycles. The molecule has 0 spiro atoms. The maximum atomic E-state index is 12.1. The van der Waals surface area contributed by atoms with E-state index in [4.69, 9.17) is 27.0 Å². The van der Waals surface area contributed by atoms with Gasteiger partial charge in [0.15, 0.2) is 17.8 Å². The third-order valence-corrected chi connectivity index (χ3v) is 4.20. The minimum absolute atomic E-state index is 0.106. The molecule has 2 aromatic heterocycles. The van der Waals surface area contributed by atoms with Crippen molar-refractivity contribution in [2.75, 3.05) is 42.4 Å². The normalized spacial score (nSPS) is 16.5. The van der Waals surface area contributed by atoms with Gasteiger partial charge in [0, 0.05) is 13.2 Å². The van der Waals surface area contributed by atoms with E-state index >= 15 is 0 Å². The van der Waals surface area contributed by atoms with Crippen LogP contribution in [0.25, 0.3) is 0 Å². The van der Waals surface area contributed by atoms with Gasteiger partial charge in [-0.05, 0) is 0 Å². The fourth-order valence-electron chi connectivity index (χ4n) is 2.65. The number of nitrogen functional groups attached to an aromatic ring is 2. The number of hydrogen-bond acceptors (Lipinski definition) is 11. The molecule has 0 aliphatic carbocycles. The van der Waals surface area contributed by atoms with Crippen molar-refractivity contribution >= 4 is 34.6 Å². The Kier molecular flexibility index (Phi) is 6.11. The summed E-state index contributed by atoms with van der Waals surface area (Å²) in [5, 5.41) is 23.4. The first-order valence-electron chi connectivity index (χ1n) is 8.80. The zero-order valence-electron chi connectivity index (χ0n) is 15.9. The van der Waals surface area contributed by atoms with Gasteiger partial charge in [-0.25, -0.2) is 14.4 Å². The van der Waals surface area contributed by atoms with E-state index in [9.17, 15) is 4.79 Å². The molecule has 0 amide bonds. The van der Waals surface area contributed by atoms with E-state index in [2.05, 4.69) is 25.8 Å². The van der Waals surface area contributed by atoms with Crippen molar-refractivity contribution in [3.8, 4) is 0 Å². The van der Waals surface area contributed by atoms with Crippen LogP contribution in [0.5, 0.6) is 0 Å². The Morgan fingerprint density at radius 1 is 1.14 bits per heavy atom. The first kappa shape index (κ1) is 20.3. The number of nitrogens with zero attached hydrogens (tertiary/aromatic N) is 5. The van der Waals surface area contributed by atoms with Gasteiger partial charge in [0.1, 0.15) is 23.0 Å². The molecule has 13 nitrogen and oxygen atoms in total. The predicted molar refractivity (Wildman–Crippen MR) is 108 cm³/mol. The lowest BCUT2D eigenvalue weighted by Crippen LogP contribution is -2.36. The first-order valence-corrected chi connectivity index (χ1v) is 8.80. The number of ether oxygens (including phenoxy) is 1. The van der Waals surface area contributed by atoms with Crippen molar-refractivity contribution in [3.63, 3.8) is 0 Å². The van der Waals surface area contributed by atoms with Crippen LogP contribution in [0.1, 0.15) is 0 Å². The van der Waals surface area contributed by atoms with Crippen LogP contribution < -0.4 is 27.8 Å². The molecular formula is C16H24N10O3. The van der Waals surface area contributed by atoms with E-state index < -0.39 is 6.17 Å². The number of methoxy groups -OCH3 is 1. The van der Waals surface area contributed by atoms with E-state index in [-0.39, 0.29) is 24.8 Å². The summed E-state index contributed by atoms with van der Waals surface area (Å²) in [6.45, 7) is 1.07. The summed E-state index contributed by atoms with van der Waals surface area (Å²) in [6.07, 6.45) is 3.32. The molecule has 3 rings (SSSR count). The molecule has 1 aliphatic heterocycles. The molecule has 1 aliphatic rings. The van der Waals surface area contributed by atoms with Gasteiger partial charge < -0.3 is 37.7 Å². The van der Waals surface area contributed by atoms with Gasteiger partial charge in [-0.3, -0.25) is 4.79 Å². The Morgan fingerprint density at radius 3 is 2.38 bits per heavy atom. The number of aliphatic hydroxyl groups excluding tert-OH is 1. The van der Waals surface area contributed by atoms with Crippen LogP contribution in [0, 0.1) is 0 Å². The maximum Gasteiger partial charge on any atom is 0.196 e. The largest absolute Gasteiger partial charge is 0.394 e. The lowest BCUT2D eigenvalue weighted by Gasteiger charge is -2.20. The minimum atomic E-state index is -1.04. The van der Waals surface area contributed by atoms with Gasteiger partial charge in [0.2, 0.25) is 0 Å². The second kappa shape index (κ2) is 8.72. The van der Waals surface area contributed by atoms with Crippen molar-refractivity contribution in [2.24, 2.45) is 10.7 Å². The number of aromatic nitrogens is 4. The number of aliphatic hydroxyl groups is 1. The molecule has 0 saturated heterocycles. The number of dihydropyridines is 1. The van der Waals surface area contributed by atoms with Crippen molar-refractivity contribution in [3.05, 3.63) is 24.2 Å². The van der Waals surface area contributed by atoms with E-state index in [1.54, 1.807) is 11.8 Å². The number of rotatable bonds is 8. The number of nitrogens with one attached hydrogen (secondary N) is 2. The smallest absolute Gasteiger partial charge is 0.196 e. The Hall–Kier alpha value is -3.42. The molecule has 13 heteroatoms. The quantitative estimate of drug-likeness (QED) is 0.303. The molecule has 2 aromatic rings. The highest BCUT2D eigenvalue weighted by Crippen LogP contribution is 2.23. The molecular weight excluding hydrogens is 380 g/mol. The predicted octanol–water partition coefficient (Wildman–Crippen LogP) is -1.44. The van der Waals surface area contributed by atoms with Gasteiger partial charge in [-0.2, -0.15) is 10.2 Å². The molecule has 29 heavy (non-hydrogen) atoms. The van der Waals surface area contributed by atoms with Gasteiger partial charge in [0.05, 0.1) is 44.4 Å². The average Bonchev–Trinajstić information content (AvgIpc) is 3.21. The topological polar surface area (TPSA) is 197 Å². The molecule has 0 bridgehead atoms. The fraction of sp³-hybridized carbons (Fsp3) is 0.375. The summed E-state index contributed by atoms with van der Waals surface area (Å²) >= 11 is 0. The summed E-state index contributed by atoms with van der Waals surface area (Å²) in [6, 6.07) is 0. The van der Waals surface area contributed by atoms with Gasteiger partial charge in [0.25, 0.3) is 0 Å². The zero-order valence-corrected chi connectivity index (χ0v) is 15.9. The summed E-state index contributed by atoms with van der Waals surface area (Å²) < 4.78 is 8.04. The number of nitrogens with two attached hydrogens (primary N) is 3. The van der Waals surface area contributed by atoms with Crippen LogP contribution in [0.15, 0.2) is 29.2 Å². The first-order chi connectivity index (χ1) is 13.9. The third-order valence-electron chi connectivity index (χ3n) is 4.20. The van der Waals surface area contributed by atoms with Crippen molar-refractivity contribution in [1.29, 1.82) is 0 Å². The Labute approximate surface area is 166 Å². The molecule has 0 radical (unpaired) electrons.